The van der Waals surface area contributed by atoms with Crippen LogP contribution in [0, 0.1) is 0 Å². The number of anilines is 2. The zero-order chi connectivity index (χ0) is 17.8. The van der Waals surface area contributed by atoms with Crippen LogP contribution in [0.2, 0.25) is 0 Å². The summed E-state index contributed by atoms with van der Waals surface area (Å²) in [4.78, 5) is 23.5. The number of hydrogen-bond acceptors (Lipinski definition) is 5. The predicted octanol–water partition coefficient (Wildman–Crippen LogP) is 3.11. The zero-order valence-electron chi connectivity index (χ0n) is 14.8. The molecule has 0 saturated carbocycles. The lowest BCUT2D eigenvalue weighted by Crippen LogP contribution is -2.43. The lowest BCUT2D eigenvalue weighted by atomic mass is 9.92. The van der Waals surface area contributed by atoms with Gasteiger partial charge in [0.1, 0.15) is 17.7 Å². The van der Waals surface area contributed by atoms with Gasteiger partial charge in [0.2, 0.25) is 0 Å². The number of rotatable bonds is 4. The van der Waals surface area contributed by atoms with Gasteiger partial charge in [-0.1, -0.05) is 12.1 Å². The molecule has 2 aromatic rings. The van der Waals surface area contributed by atoms with Gasteiger partial charge in [0.15, 0.2) is 0 Å². The quantitative estimate of drug-likeness (QED) is 0.916. The summed E-state index contributed by atoms with van der Waals surface area (Å²) >= 11 is 0. The fourth-order valence-corrected chi connectivity index (χ4v) is 3.69. The first-order chi connectivity index (χ1) is 12.8. The molecule has 2 fully saturated rings. The van der Waals surface area contributed by atoms with Crippen molar-refractivity contribution < 1.29 is 9.53 Å². The van der Waals surface area contributed by atoms with Crippen LogP contribution in [0.4, 0.5) is 11.6 Å². The van der Waals surface area contributed by atoms with Gasteiger partial charge in [-0.3, -0.25) is 4.79 Å². The van der Waals surface area contributed by atoms with Crippen LogP contribution in [0.1, 0.15) is 37.3 Å². The van der Waals surface area contributed by atoms with E-state index in [1.54, 1.807) is 6.20 Å². The number of hydrogen-bond donors (Lipinski definition) is 1. The third-order valence-corrected chi connectivity index (χ3v) is 5.12. The van der Waals surface area contributed by atoms with Gasteiger partial charge >= 0.3 is 0 Å². The summed E-state index contributed by atoms with van der Waals surface area (Å²) in [6.07, 6.45) is 5.29. The van der Waals surface area contributed by atoms with Crippen molar-refractivity contribution in [1.29, 1.82) is 0 Å². The molecule has 1 unspecified atom stereocenters. The number of nitrogens with zero attached hydrogens (tertiary/aromatic N) is 3. The topological polar surface area (TPSA) is 67.3 Å². The maximum Gasteiger partial charge on any atom is 0.251 e. The summed E-state index contributed by atoms with van der Waals surface area (Å²) in [5.41, 5.74) is 1.08. The molecule has 1 atom stereocenters. The van der Waals surface area contributed by atoms with Gasteiger partial charge in [-0.2, -0.15) is 0 Å². The Labute approximate surface area is 153 Å². The molecule has 0 aliphatic carbocycles. The normalized spacial score (nSPS) is 20.9. The van der Waals surface area contributed by atoms with E-state index in [1.165, 1.54) is 0 Å². The van der Waals surface area contributed by atoms with E-state index in [-0.39, 0.29) is 12.0 Å². The summed E-state index contributed by atoms with van der Waals surface area (Å²) in [6, 6.07) is 11.8. The summed E-state index contributed by atoms with van der Waals surface area (Å²) in [7, 11) is 0. The molecule has 2 saturated heterocycles. The van der Waals surface area contributed by atoms with Gasteiger partial charge in [-0.15, -0.1) is 0 Å². The summed E-state index contributed by atoms with van der Waals surface area (Å²) in [5, 5.41) is 3.24. The van der Waals surface area contributed by atoms with Crippen LogP contribution in [0.5, 0.6) is 0 Å². The number of ether oxygens (including phenoxy) is 1. The Morgan fingerprint density at radius 1 is 1.08 bits per heavy atom. The van der Waals surface area contributed by atoms with Crippen LogP contribution in [0.25, 0.3) is 0 Å². The highest BCUT2D eigenvalue weighted by atomic mass is 16.5. The van der Waals surface area contributed by atoms with E-state index >= 15 is 0 Å². The Kier molecular flexibility index (Phi) is 5.11. The number of carbonyl (C=O) groups excluding carboxylic acids is 1. The van der Waals surface area contributed by atoms with Gasteiger partial charge in [0.05, 0.1) is 0 Å². The molecule has 4 rings (SSSR count). The second kappa shape index (κ2) is 7.83. The molecule has 4 heterocycles. The van der Waals surface area contributed by atoms with Gasteiger partial charge in [-0.05, 0) is 49.9 Å². The minimum absolute atomic E-state index is 0.166. The number of piperidine rings is 1. The molecule has 2 aliphatic heterocycles. The number of pyridine rings is 2. The maximum absolute atomic E-state index is 12.5. The highest BCUT2D eigenvalue weighted by Gasteiger charge is 2.31. The van der Waals surface area contributed by atoms with Crippen molar-refractivity contribution in [3.8, 4) is 0 Å². The Bertz CT molecular complexity index is 738. The number of likely N-dealkylation sites (tertiary alicyclic amines) is 1. The molecule has 0 aromatic carbocycles. The number of aromatic nitrogens is 2. The molecule has 2 aliphatic rings. The van der Waals surface area contributed by atoms with Crippen LogP contribution < -0.4 is 5.32 Å². The summed E-state index contributed by atoms with van der Waals surface area (Å²) in [6.45, 7) is 2.28. The van der Waals surface area contributed by atoms with E-state index in [0.29, 0.717) is 12.5 Å². The molecule has 26 heavy (non-hydrogen) atoms. The summed E-state index contributed by atoms with van der Waals surface area (Å²) < 4.78 is 5.53. The van der Waals surface area contributed by atoms with E-state index in [1.807, 2.05) is 35.2 Å². The van der Waals surface area contributed by atoms with Crippen molar-refractivity contribution in [2.75, 3.05) is 25.0 Å². The first-order valence-electron chi connectivity index (χ1n) is 9.35. The summed E-state index contributed by atoms with van der Waals surface area (Å²) in [5.74, 6) is 2.14. The van der Waals surface area contributed by atoms with Crippen molar-refractivity contribution in [1.82, 2.24) is 14.9 Å². The lowest BCUT2D eigenvalue weighted by Gasteiger charge is -2.33. The zero-order valence-corrected chi connectivity index (χ0v) is 14.8. The molecule has 6 nitrogen and oxygen atoms in total. The van der Waals surface area contributed by atoms with Crippen LogP contribution in [-0.4, -0.2) is 46.6 Å². The third-order valence-electron chi connectivity index (χ3n) is 5.12. The molecule has 136 valence electrons. The Balaban J connectivity index is 1.37. The molecule has 1 N–H and O–H groups in total. The van der Waals surface area contributed by atoms with Crippen molar-refractivity contribution in [2.24, 2.45) is 0 Å². The van der Waals surface area contributed by atoms with Crippen LogP contribution in [-0.2, 0) is 9.53 Å². The third kappa shape index (κ3) is 3.85. The number of nitrogens with one attached hydrogen (secondary N) is 1. The molecular formula is C20H24N4O2. The van der Waals surface area contributed by atoms with Crippen molar-refractivity contribution in [3.05, 3.63) is 48.3 Å². The molecule has 1 amide bonds. The van der Waals surface area contributed by atoms with Crippen LogP contribution in [0.3, 0.4) is 0 Å². The highest BCUT2D eigenvalue weighted by molar-refractivity contribution is 5.81. The Morgan fingerprint density at radius 2 is 1.92 bits per heavy atom. The van der Waals surface area contributed by atoms with Crippen molar-refractivity contribution >= 4 is 17.5 Å². The van der Waals surface area contributed by atoms with Gasteiger partial charge in [0, 0.05) is 37.5 Å². The smallest absolute Gasteiger partial charge is 0.251 e. The SMILES string of the molecule is O=C(C1CCCO1)N1CCC(c2cccc(Nc3ccccn3)n2)CC1. The largest absolute Gasteiger partial charge is 0.368 e. The maximum atomic E-state index is 12.5. The number of amides is 1. The minimum Gasteiger partial charge on any atom is -0.368 e. The average Bonchev–Trinajstić information content (AvgIpc) is 3.23. The van der Waals surface area contributed by atoms with Crippen LogP contribution >= 0.6 is 0 Å². The molecule has 0 bridgehead atoms. The Morgan fingerprint density at radius 3 is 2.65 bits per heavy atom. The molecule has 0 radical (unpaired) electrons. The van der Waals surface area contributed by atoms with E-state index in [0.717, 1.165) is 56.1 Å². The van der Waals surface area contributed by atoms with E-state index < -0.39 is 0 Å². The monoisotopic (exact) mass is 352 g/mol. The predicted molar refractivity (Wildman–Crippen MR) is 99.3 cm³/mol. The first-order valence-corrected chi connectivity index (χ1v) is 9.35. The molecular weight excluding hydrogens is 328 g/mol. The molecule has 2 aromatic heterocycles. The van der Waals surface area contributed by atoms with Gasteiger partial charge in [-0.25, -0.2) is 9.97 Å². The van der Waals surface area contributed by atoms with E-state index in [2.05, 4.69) is 16.4 Å². The molecule has 0 spiro atoms. The van der Waals surface area contributed by atoms with Gasteiger partial charge < -0.3 is 15.0 Å². The molecule has 6 heteroatoms. The second-order valence-electron chi connectivity index (χ2n) is 6.89. The fraction of sp³-hybridized carbons (Fsp3) is 0.450. The Hall–Kier alpha value is -2.47. The minimum atomic E-state index is -0.212. The lowest BCUT2D eigenvalue weighted by molar-refractivity contribution is -0.142. The fourth-order valence-electron chi connectivity index (χ4n) is 3.69. The number of carbonyl (C=O) groups is 1. The standard InChI is InChI=1S/C20H24N4O2/c25-20(17-6-4-14-26-17)24-12-9-15(10-13-24)16-5-3-8-19(22-16)23-18-7-1-2-11-21-18/h1-3,5,7-8,11,15,17H,4,6,9-10,12-14H2,(H,21,22,23). The van der Waals surface area contributed by atoms with E-state index in [4.69, 9.17) is 9.72 Å². The van der Waals surface area contributed by atoms with Crippen LogP contribution in [0.15, 0.2) is 42.6 Å². The second-order valence-corrected chi connectivity index (χ2v) is 6.89. The van der Waals surface area contributed by atoms with E-state index in [9.17, 15) is 4.79 Å². The van der Waals surface area contributed by atoms with Crippen molar-refractivity contribution in [2.45, 2.75) is 37.7 Å². The first kappa shape index (κ1) is 17.0. The van der Waals surface area contributed by atoms with Gasteiger partial charge in [0.25, 0.3) is 5.91 Å². The van der Waals surface area contributed by atoms with Crippen molar-refractivity contribution in [3.63, 3.8) is 0 Å². The average molecular weight is 352 g/mol. The highest BCUT2D eigenvalue weighted by Crippen LogP contribution is 2.29.